The lowest BCUT2D eigenvalue weighted by Gasteiger charge is -2.16. The number of para-hydroxylation sites is 1. The van der Waals surface area contributed by atoms with E-state index in [0.717, 1.165) is 10.5 Å². The summed E-state index contributed by atoms with van der Waals surface area (Å²) in [7, 11) is 0. The Kier molecular flexibility index (Phi) is 6.57. The quantitative estimate of drug-likeness (QED) is 0.303. The van der Waals surface area contributed by atoms with Gasteiger partial charge in [-0.15, -0.1) is 0 Å². The molecule has 3 aromatic rings. The van der Waals surface area contributed by atoms with Gasteiger partial charge < -0.3 is 14.5 Å². The number of Topliss-reactive ketones (excluding diaryl/α,β-unsaturated/α-hetero) is 1. The second kappa shape index (κ2) is 9.61. The average Bonchev–Trinajstić information content (AvgIpc) is 3.29. The zero-order chi connectivity index (χ0) is 26.1. The van der Waals surface area contributed by atoms with Crippen LogP contribution in [0.15, 0.2) is 42.5 Å². The van der Waals surface area contributed by atoms with Gasteiger partial charge in [-0.2, -0.15) is 0 Å². The third-order valence-corrected chi connectivity index (χ3v) is 6.01. The lowest BCUT2D eigenvalue weighted by Crippen LogP contribution is -2.29. The van der Waals surface area contributed by atoms with Crippen LogP contribution in [0.1, 0.15) is 75.7 Å². The summed E-state index contributed by atoms with van der Waals surface area (Å²) in [5.41, 5.74) is 2.81. The molecule has 0 unspecified atom stereocenters. The first-order valence-electron chi connectivity index (χ1n) is 11.3. The number of esters is 2. The molecule has 2 heterocycles. The van der Waals surface area contributed by atoms with Gasteiger partial charge in [0.15, 0.2) is 6.61 Å². The van der Waals surface area contributed by atoms with E-state index in [2.05, 4.69) is 4.98 Å². The van der Waals surface area contributed by atoms with Gasteiger partial charge in [0.25, 0.3) is 11.8 Å². The number of aryl methyl sites for hydroxylation is 2. The van der Waals surface area contributed by atoms with E-state index in [1.165, 1.54) is 18.2 Å². The highest BCUT2D eigenvalue weighted by Crippen LogP contribution is 2.31. The van der Waals surface area contributed by atoms with Gasteiger partial charge in [0.05, 0.1) is 40.2 Å². The first kappa shape index (κ1) is 24.6. The molecule has 0 radical (unpaired) electrons. The number of amides is 2. The van der Waals surface area contributed by atoms with Crippen molar-refractivity contribution in [2.45, 2.75) is 27.7 Å². The lowest BCUT2D eigenvalue weighted by atomic mass is 10.1. The summed E-state index contributed by atoms with van der Waals surface area (Å²) in [5.74, 6) is -2.92. The molecule has 1 aromatic heterocycles. The number of ether oxygens (including phenoxy) is 2. The molecule has 0 bridgehead atoms. The number of nitrogens with zero attached hydrogens (tertiary/aromatic N) is 1. The summed E-state index contributed by atoms with van der Waals surface area (Å²) in [5, 5.41) is 0. The monoisotopic (exact) mass is 488 g/mol. The Labute approximate surface area is 207 Å². The van der Waals surface area contributed by atoms with Gasteiger partial charge in [-0.3, -0.25) is 14.4 Å². The number of carbonyl (C=O) groups excluding carboxylic acids is 5. The zero-order valence-electron chi connectivity index (χ0n) is 20.3. The summed E-state index contributed by atoms with van der Waals surface area (Å²) in [6.45, 7) is 6.34. The maximum Gasteiger partial charge on any atom is 0.340 e. The van der Waals surface area contributed by atoms with Gasteiger partial charge in [0.1, 0.15) is 0 Å². The minimum absolute atomic E-state index is 0.0286. The number of hydrogen-bond donors (Lipinski definition) is 1. The maximum atomic E-state index is 13.0. The molecule has 1 N–H and O–H groups in total. The number of benzene rings is 2. The molecule has 0 spiro atoms. The minimum Gasteiger partial charge on any atom is -0.462 e. The molecule has 2 amide bonds. The van der Waals surface area contributed by atoms with Gasteiger partial charge in [-0.1, -0.05) is 18.2 Å². The summed E-state index contributed by atoms with van der Waals surface area (Å²) in [6, 6.07) is 11.1. The van der Waals surface area contributed by atoms with Gasteiger partial charge >= 0.3 is 11.9 Å². The maximum absolute atomic E-state index is 13.0. The Balaban J connectivity index is 1.50. The van der Waals surface area contributed by atoms with Gasteiger partial charge in [0, 0.05) is 5.69 Å². The molecule has 0 saturated heterocycles. The Morgan fingerprint density at radius 3 is 2.28 bits per heavy atom. The Morgan fingerprint density at radius 2 is 1.58 bits per heavy atom. The van der Waals surface area contributed by atoms with E-state index in [4.69, 9.17) is 9.47 Å². The van der Waals surface area contributed by atoms with Crippen LogP contribution in [0.4, 0.5) is 5.69 Å². The van der Waals surface area contributed by atoms with Crippen molar-refractivity contribution in [2.75, 3.05) is 18.1 Å². The molecular weight excluding hydrogens is 464 g/mol. The van der Waals surface area contributed by atoms with E-state index >= 15 is 0 Å². The van der Waals surface area contributed by atoms with Crippen LogP contribution in [-0.2, 0) is 9.47 Å². The molecule has 9 heteroatoms. The summed E-state index contributed by atoms with van der Waals surface area (Å²) in [4.78, 5) is 67.3. The summed E-state index contributed by atoms with van der Waals surface area (Å²) < 4.78 is 10.2. The number of aromatic nitrogens is 1. The van der Waals surface area contributed by atoms with E-state index in [-0.39, 0.29) is 34.6 Å². The molecule has 36 heavy (non-hydrogen) atoms. The first-order valence-corrected chi connectivity index (χ1v) is 11.3. The summed E-state index contributed by atoms with van der Waals surface area (Å²) >= 11 is 0. The fourth-order valence-corrected chi connectivity index (χ4v) is 4.23. The van der Waals surface area contributed by atoms with Gasteiger partial charge in [0.2, 0.25) is 5.78 Å². The molecule has 9 nitrogen and oxygen atoms in total. The van der Waals surface area contributed by atoms with E-state index in [1.807, 2.05) is 0 Å². The van der Waals surface area contributed by atoms with Gasteiger partial charge in [-0.05, 0) is 63.1 Å². The molecular formula is C27H24N2O7. The number of nitrogens with one attached hydrogen (secondary N) is 1. The van der Waals surface area contributed by atoms with Crippen LogP contribution in [0.2, 0.25) is 0 Å². The highest BCUT2D eigenvalue weighted by Gasteiger charge is 2.38. The Hall–Kier alpha value is -4.53. The van der Waals surface area contributed by atoms with E-state index < -0.39 is 36.1 Å². The fourth-order valence-electron chi connectivity index (χ4n) is 4.23. The van der Waals surface area contributed by atoms with Crippen LogP contribution >= 0.6 is 0 Å². The highest BCUT2D eigenvalue weighted by molar-refractivity contribution is 6.35. The van der Waals surface area contributed by atoms with E-state index in [1.54, 1.807) is 52.0 Å². The molecule has 0 aliphatic carbocycles. The third kappa shape index (κ3) is 4.19. The van der Waals surface area contributed by atoms with Crippen LogP contribution in [0.5, 0.6) is 0 Å². The van der Waals surface area contributed by atoms with Crippen molar-refractivity contribution in [3.63, 3.8) is 0 Å². The standard InChI is InChI=1S/C27H24N2O7/c1-5-35-27(34)22-15(3)23(28-16(22)4)21(30)13-36-26(33)17-10-11-18-19(12-17)25(32)29(24(18)31)20-9-7-6-8-14(20)2/h6-12,28H,5,13H2,1-4H3. The van der Waals surface area contributed by atoms with E-state index in [9.17, 15) is 24.0 Å². The molecule has 0 saturated carbocycles. The van der Waals surface area contributed by atoms with Crippen molar-refractivity contribution in [2.24, 2.45) is 0 Å². The van der Waals surface area contributed by atoms with Crippen molar-refractivity contribution in [1.29, 1.82) is 0 Å². The molecule has 0 fully saturated rings. The molecule has 184 valence electrons. The van der Waals surface area contributed by atoms with E-state index in [0.29, 0.717) is 16.9 Å². The predicted octanol–water partition coefficient (Wildman–Crippen LogP) is 3.96. The second-order valence-corrected chi connectivity index (χ2v) is 8.34. The Morgan fingerprint density at radius 1 is 0.889 bits per heavy atom. The molecule has 1 aliphatic heterocycles. The number of ketones is 1. The average molecular weight is 488 g/mol. The zero-order valence-corrected chi connectivity index (χ0v) is 20.3. The fraction of sp³-hybridized carbons (Fsp3) is 0.222. The molecule has 0 atom stereocenters. The van der Waals surface area contributed by atoms with Crippen molar-refractivity contribution in [3.05, 3.63) is 87.2 Å². The third-order valence-electron chi connectivity index (χ3n) is 6.01. The molecule has 2 aromatic carbocycles. The van der Waals surface area contributed by atoms with Crippen LogP contribution in [0.25, 0.3) is 0 Å². The normalized spacial score (nSPS) is 12.5. The van der Waals surface area contributed by atoms with Crippen LogP contribution < -0.4 is 4.90 Å². The van der Waals surface area contributed by atoms with Crippen molar-refractivity contribution < 1.29 is 33.4 Å². The number of fused-ring (bicyclic) bond motifs is 1. The number of anilines is 1. The Bertz CT molecular complexity index is 1430. The van der Waals surface area contributed by atoms with Gasteiger partial charge in [-0.25, -0.2) is 14.5 Å². The number of hydrogen-bond acceptors (Lipinski definition) is 7. The second-order valence-electron chi connectivity index (χ2n) is 8.34. The SMILES string of the molecule is CCOC(=O)c1c(C)[nH]c(C(=O)COC(=O)c2ccc3c(c2)C(=O)N(c2ccccc2C)C3=O)c1C. The van der Waals surface area contributed by atoms with Crippen molar-refractivity contribution >= 4 is 35.2 Å². The van der Waals surface area contributed by atoms with Crippen molar-refractivity contribution in [3.8, 4) is 0 Å². The molecule has 4 rings (SSSR count). The minimum atomic E-state index is -0.827. The largest absolute Gasteiger partial charge is 0.462 e. The number of carbonyl (C=O) groups is 5. The predicted molar refractivity (Wildman–Crippen MR) is 130 cm³/mol. The summed E-state index contributed by atoms with van der Waals surface area (Å²) in [6.07, 6.45) is 0. The number of rotatable bonds is 7. The first-order chi connectivity index (χ1) is 17.1. The number of imide groups is 1. The highest BCUT2D eigenvalue weighted by atomic mass is 16.5. The topological polar surface area (TPSA) is 123 Å². The smallest absolute Gasteiger partial charge is 0.340 e. The lowest BCUT2D eigenvalue weighted by molar-refractivity contribution is 0.0472. The van der Waals surface area contributed by atoms with Crippen LogP contribution in [0.3, 0.4) is 0 Å². The molecule has 1 aliphatic rings. The van der Waals surface area contributed by atoms with Crippen LogP contribution in [0, 0.1) is 20.8 Å². The number of H-pyrrole nitrogens is 1. The van der Waals surface area contributed by atoms with Crippen LogP contribution in [-0.4, -0.2) is 47.7 Å². The van der Waals surface area contributed by atoms with Crippen molar-refractivity contribution in [1.82, 2.24) is 4.98 Å². The number of aromatic amines is 1.